The molecule has 0 unspecified atom stereocenters. The molecule has 0 saturated carbocycles. The van der Waals surface area contributed by atoms with Gasteiger partial charge in [-0.3, -0.25) is 0 Å². The van der Waals surface area contributed by atoms with Gasteiger partial charge in [0.25, 0.3) is 0 Å². The van der Waals surface area contributed by atoms with Crippen molar-refractivity contribution < 1.29 is 0 Å². The average Bonchev–Trinajstić information content (AvgIpc) is 2.65. The molecule has 15 heavy (non-hydrogen) atoms. The fraction of sp³-hybridized carbons (Fsp3) is 0.273. The lowest BCUT2D eigenvalue weighted by Gasteiger charge is -2.07. The zero-order valence-electron chi connectivity index (χ0n) is 9.03. The smallest absolute Gasteiger partial charge is 0.132 e. The maximum atomic E-state index is 4.35. The fourth-order valence-electron chi connectivity index (χ4n) is 1.55. The Balaban J connectivity index is 2.59. The number of aromatic nitrogens is 2. The highest BCUT2D eigenvalue weighted by atomic mass is 32.1. The van der Waals surface area contributed by atoms with Crippen molar-refractivity contribution in [1.29, 1.82) is 0 Å². The number of hydrogen-bond acceptors (Lipinski definition) is 4. The van der Waals surface area contributed by atoms with Crippen LogP contribution in [0.25, 0.3) is 10.6 Å². The molecule has 0 saturated heterocycles. The molecule has 4 heteroatoms. The van der Waals surface area contributed by atoms with Gasteiger partial charge in [0.1, 0.15) is 12.1 Å². The summed E-state index contributed by atoms with van der Waals surface area (Å²) in [5, 5.41) is 5.16. The van der Waals surface area contributed by atoms with Crippen LogP contribution in [0.2, 0.25) is 0 Å². The first-order chi connectivity index (χ1) is 7.24. The van der Waals surface area contributed by atoms with E-state index in [9.17, 15) is 0 Å². The second-order valence-electron chi connectivity index (χ2n) is 3.38. The van der Waals surface area contributed by atoms with Crippen LogP contribution < -0.4 is 5.32 Å². The molecular weight excluding hydrogens is 206 g/mol. The molecule has 0 bridgehead atoms. The molecule has 0 fully saturated rings. The van der Waals surface area contributed by atoms with Crippen molar-refractivity contribution in [2.24, 2.45) is 0 Å². The minimum Gasteiger partial charge on any atom is -0.373 e. The van der Waals surface area contributed by atoms with Crippen LogP contribution in [0.3, 0.4) is 0 Å². The molecule has 0 spiro atoms. The third-order valence-electron chi connectivity index (χ3n) is 2.40. The van der Waals surface area contributed by atoms with Crippen molar-refractivity contribution in [2.45, 2.75) is 13.8 Å². The molecule has 0 aliphatic carbocycles. The first kappa shape index (κ1) is 10.1. The Bertz CT molecular complexity index is 476. The minimum absolute atomic E-state index is 0.896. The Morgan fingerprint density at radius 3 is 2.67 bits per heavy atom. The number of nitrogens with one attached hydrogen (secondary N) is 1. The van der Waals surface area contributed by atoms with E-state index in [4.69, 9.17) is 0 Å². The quantitative estimate of drug-likeness (QED) is 0.844. The number of hydrogen-bond donors (Lipinski definition) is 1. The van der Waals surface area contributed by atoms with Crippen LogP contribution in [-0.2, 0) is 0 Å². The monoisotopic (exact) mass is 219 g/mol. The Kier molecular flexibility index (Phi) is 2.68. The van der Waals surface area contributed by atoms with Crippen molar-refractivity contribution in [2.75, 3.05) is 12.4 Å². The van der Waals surface area contributed by atoms with Crippen LogP contribution >= 0.6 is 11.3 Å². The predicted molar refractivity (Wildman–Crippen MR) is 64.4 cm³/mol. The van der Waals surface area contributed by atoms with E-state index in [1.807, 2.05) is 14.0 Å². The summed E-state index contributed by atoms with van der Waals surface area (Å²) < 4.78 is 0. The molecule has 0 amide bonds. The molecule has 2 heterocycles. The van der Waals surface area contributed by atoms with Crippen LogP contribution in [0.15, 0.2) is 17.8 Å². The highest BCUT2D eigenvalue weighted by molar-refractivity contribution is 7.13. The van der Waals surface area contributed by atoms with Crippen molar-refractivity contribution in [1.82, 2.24) is 9.97 Å². The van der Waals surface area contributed by atoms with Gasteiger partial charge in [0, 0.05) is 12.6 Å². The Hall–Kier alpha value is -1.42. The zero-order valence-corrected chi connectivity index (χ0v) is 9.85. The van der Waals surface area contributed by atoms with Crippen LogP contribution in [-0.4, -0.2) is 17.0 Å². The molecule has 0 radical (unpaired) electrons. The van der Waals surface area contributed by atoms with E-state index in [0.717, 1.165) is 17.1 Å². The lowest BCUT2D eigenvalue weighted by atomic mass is 10.1. The van der Waals surface area contributed by atoms with Gasteiger partial charge in [-0.1, -0.05) is 0 Å². The topological polar surface area (TPSA) is 37.8 Å². The van der Waals surface area contributed by atoms with Gasteiger partial charge >= 0.3 is 0 Å². The van der Waals surface area contributed by atoms with Gasteiger partial charge in [0.05, 0.1) is 10.6 Å². The van der Waals surface area contributed by atoms with Gasteiger partial charge < -0.3 is 5.32 Å². The summed E-state index contributed by atoms with van der Waals surface area (Å²) in [7, 11) is 1.88. The second-order valence-corrected chi connectivity index (χ2v) is 4.29. The molecule has 0 aliphatic rings. The lowest BCUT2D eigenvalue weighted by Crippen LogP contribution is -1.99. The average molecular weight is 219 g/mol. The van der Waals surface area contributed by atoms with E-state index in [-0.39, 0.29) is 0 Å². The standard InChI is InChI=1S/C11H13N3S/c1-7-4-5-15-10(7)9-8(2)11(12-3)14-6-13-9/h4-6H,1-3H3,(H,12,13,14). The minimum atomic E-state index is 0.896. The molecule has 78 valence electrons. The molecule has 2 aromatic heterocycles. The summed E-state index contributed by atoms with van der Waals surface area (Å²) in [6.45, 7) is 4.15. The molecule has 0 aliphatic heterocycles. The summed E-state index contributed by atoms with van der Waals surface area (Å²) in [4.78, 5) is 9.76. The summed E-state index contributed by atoms with van der Waals surface area (Å²) in [5.74, 6) is 0.896. The Labute approximate surface area is 93.2 Å². The van der Waals surface area contributed by atoms with E-state index in [1.54, 1.807) is 17.7 Å². The maximum Gasteiger partial charge on any atom is 0.132 e. The molecule has 0 atom stereocenters. The van der Waals surface area contributed by atoms with E-state index in [1.165, 1.54) is 10.4 Å². The summed E-state index contributed by atoms with van der Waals surface area (Å²) in [6, 6.07) is 2.11. The molecule has 3 nitrogen and oxygen atoms in total. The number of nitrogens with zero attached hydrogens (tertiary/aromatic N) is 2. The first-order valence-corrected chi connectivity index (χ1v) is 5.66. The van der Waals surface area contributed by atoms with Crippen molar-refractivity contribution in [3.05, 3.63) is 28.9 Å². The zero-order chi connectivity index (χ0) is 10.8. The summed E-state index contributed by atoms with van der Waals surface area (Å²) >= 11 is 1.72. The van der Waals surface area contributed by atoms with Crippen molar-refractivity contribution in [3.8, 4) is 10.6 Å². The fourth-order valence-corrected chi connectivity index (χ4v) is 2.53. The summed E-state index contributed by atoms with van der Waals surface area (Å²) in [6.07, 6.45) is 1.60. The van der Waals surface area contributed by atoms with E-state index >= 15 is 0 Å². The highest BCUT2D eigenvalue weighted by Gasteiger charge is 2.10. The third kappa shape index (κ3) is 1.72. The SMILES string of the molecule is CNc1ncnc(-c2sccc2C)c1C. The molecule has 2 aromatic rings. The first-order valence-electron chi connectivity index (χ1n) is 4.78. The molecule has 1 N–H and O–H groups in total. The number of anilines is 1. The van der Waals surface area contributed by atoms with Crippen LogP contribution in [0.4, 0.5) is 5.82 Å². The lowest BCUT2D eigenvalue weighted by molar-refractivity contribution is 1.13. The van der Waals surface area contributed by atoms with Gasteiger partial charge in [0.15, 0.2) is 0 Å². The molecular formula is C11H13N3S. The van der Waals surface area contributed by atoms with E-state index in [2.05, 4.69) is 33.7 Å². The predicted octanol–water partition coefficient (Wildman–Crippen LogP) is 2.86. The van der Waals surface area contributed by atoms with Crippen molar-refractivity contribution in [3.63, 3.8) is 0 Å². The number of aryl methyl sites for hydroxylation is 1. The van der Waals surface area contributed by atoms with Gasteiger partial charge in [-0.15, -0.1) is 11.3 Å². The maximum absolute atomic E-state index is 4.35. The Morgan fingerprint density at radius 2 is 2.07 bits per heavy atom. The molecule has 2 rings (SSSR count). The normalized spacial score (nSPS) is 10.3. The second kappa shape index (κ2) is 3.98. The van der Waals surface area contributed by atoms with E-state index in [0.29, 0.717) is 0 Å². The van der Waals surface area contributed by atoms with Gasteiger partial charge in [-0.05, 0) is 30.9 Å². The van der Waals surface area contributed by atoms with Crippen LogP contribution in [0.1, 0.15) is 11.1 Å². The highest BCUT2D eigenvalue weighted by Crippen LogP contribution is 2.31. The summed E-state index contributed by atoms with van der Waals surface area (Å²) in [5.41, 5.74) is 3.40. The number of rotatable bonds is 2. The van der Waals surface area contributed by atoms with Gasteiger partial charge in [-0.25, -0.2) is 9.97 Å². The van der Waals surface area contributed by atoms with Crippen molar-refractivity contribution >= 4 is 17.2 Å². The number of thiophene rings is 1. The Morgan fingerprint density at radius 1 is 1.27 bits per heavy atom. The van der Waals surface area contributed by atoms with Crippen LogP contribution in [0, 0.1) is 13.8 Å². The van der Waals surface area contributed by atoms with Gasteiger partial charge in [0.2, 0.25) is 0 Å². The third-order valence-corrected chi connectivity index (χ3v) is 3.42. The molecule has 0 aromatic carbocycles. The van der Waals surface area contributed by atoms with Gasteiger partial charge in [-0.2, -0.15) is 0 Å². The van der Waals surface area contributed by atoms with E-state index < -0.39 is 0 Å². The van der Waals surface area contributed by atoms with Crippen LogP contribution in [0.5, 0.6) is 0 Å². The largest absolute Gasteiger partial charge is 0.373 e.